The highest BCUT2D eigenvalue weighted by molar-refractivity contribution is 5.92. The summed E-state index contributed by atoms with van der Waals surface area (Å²) in [6.45, 7) is 0. The van der Waals surface area contributed by atoms with Gasteiger partial charge in [-0.1, -0.05) is 30.4 Å². The minimum absolute atomic E-state index is 0.0630. The molecule has 4 rings (SSSR count). The molecule has 5 heteroatoms. The monoisotopic (exact) mass is 322 g/mol. The van der Waals surface area contributed by atoms with Crippen LogP contribution in [-0.4, -0.2) is 12.1 Å². The number of nitrogens with two attached hydrogens (primary N) is 1. The van der Waals surface area contributed by atoms with Gasteiger partial charge in [0.25, 0.3) is 0 Å². The topological polar surface area (TPSA) is 85.3 Å². The van der Waals surface area contributed by atoms with E-state index in [1.54, 1.807) is 0 Å². The van der Waals surface area contributed by atoms with Crippen molar-refractivity contribution in [1.82, 2.24) is 0 Å². The van der Waals surface area contributed by atoms with E-state index in [2.05, 4.69) is 18.2 Å². The lowest BCUT2D eigenvalue weighted by atomic mass is 9.72. The van der Waals surface area contributed by atoms with E-state index in [1.807, 2.05) is 24.3 Å². The molecule has 0 saturated carbocycles. The Morgan fingerprint density at radius 1 is 1.25 bits per heavy atom. The highest BCUT2D eigenvalue weighted by atomic mass is 16.6. The number of nitrogens with zero attached hydrogens (tertiary/aromatic N) is 1. The molecule has 4 aliphatic rings. The van der Waals surface area contributed by atoms with E-state index in [1.165, 1.54) is 0 Å². The summed E-state index contributed by atoms with van der Waals surface area (Å²) in [7, 11) is 0. The van der Waals surface area contributed by atoms with Crippen LogP contribution in [0.1, 0.15) is 19.3 Å². The van der Waals surface area contributed by atoms with Crippen molar-refractivity contribution in [2.75, 3.05) is 0 Å². The molecule has 0 aromatic heterocycles. The number of hydrogen-bond donors (Lipinski definition) is 1. The highest BCUT2D eigenvalue weighted by Gasteiger charge is 2.47. The van der Waals surface area contributed by atoms with Crippen molar-refractivity contribution in [2.24, 2.45) is 23.5 Å². The summed E-state index contributed by atoms with van der Waals surface area (Å²) >= 11 is 0. The molecule has 0 radical (unpaired) electrons. The molecule has 0 aromatic rings. The second-order valence-electron chi connectivity index (χ2n) is 6.44. The van der Waals surface area contributed by atoms with E-state index in [-0.39, 0.29) is 29.7 Å². The van der Waals surface area contributed by atoms with Crippen LogP contribution in [0.5, 0.6) is 0 Å². The van der Waals surface area contributed by atoms with Gasteiger partial charge in [0.2, 0.25) is 5.88 Å². The Bertz CT molecular complexity index is 779. The number of carbonyl (C=O) groups excluding carboxylic acids is 1. The Labute approximate surface area is 140 Å². The number of fused-ring (bicyclic) bond motifs is 2. The van der Waals surface area contributed by atoms with Gasteiger partial charge >= 0.3 is 5.97 Å². The van der Waals surface area contributed by atoms with E-state index < -0.39 is 5.97 Å². The Kier molecular flexibility index (Phi) is 3.53. The quantitative estimate of drug-likeness (QED) is 0.592. The van der Waals surface area contributed by atoms with Crippen molar-refractivity contribution in [3.05, 3.63) is 59.2 Å². The number of carbonyl (C=O) groups is 1. The van der Waals surface area contributed by atoms with Crippen LogP contribution in [0.2, 0.25) is 0 Å². The molecule has 0 saturated heterocycles. The number of hydrogen-bond acceptors (Lipinski definition) is 5. The van der Waals surface area contributed by atoms with Gasteiger partial charge in [0, 0.05) is 5.92 Å². The number of nitriles is 1. The third-order valence-electron chi connectivity index (χ3n) is 5.06. The zero-order valence-corrected chi connectivity index (χ0v) is 13.1. The number of allylic oxidation sites excluding steroid dienone is 5. The molecule has 0 unspecified atom stereocenters. The fourth-order valence-electron chi connectivity index (χ4n) is 3.95. The first-order valence-electron chi connectivity index (χ1n) is 8.25. The Morgan fingerprint density at radius 2 is 2.08 bits per heavy atom. The molecule has 4 atom stereocenters. The lowest BCUT2D eigenvalue weighted by Gasteiger charge is -2.39. The number of esters is 1. The minimum atomic E-state index is -0.407. The molecule has 24 heavy (non-hydrogen) atoms. The summed E-state index contributed by atoms with van der Waals surface area (Å²) in [5.41, 5.74) is 6.83. The molecule has 0 aromatic carbocycles. The molecule has 122 valence electrons. The summed E-state index contributed by atoms with van der Waals surface area (Å²) in [6.07, 6.45) is 14.3. The predicted octanol–water partition coefficient (Wildman–Crippen LogP) is 2.60. The molecule has 0 fully saturated rings. The average molecular weight is 322 g/mol. The Morgan fingerprint density at radius 3 is 2.83 bits per heavy atom. The van der Waals surface area contributed by atoms with Gasteiger partial charge in [0.15, 0.2) is 0 Å². The first kappa shape index (κ1) is 14.8. The third-order valence-corrected chi connectivity index (χ3v) is 5.06. The minimum Gasteiger partial charge on any atom is -0.454 e. The van der Waals surface area contributed by atoms with Crippen molar-refractivity contribution in [3.8, 4) is 6.07 Å². The molecule has 0 spiro atoms. The lowest BCUT2D eigenvalue weighted by Crippen LogP contribution is -2.41. The largest absolute Gasteiger partial charge is 0.454 e. The zero-order valence-electron chi connectivity index (χ0n) is 13.1. The van der Waals surface area contributed by atoms with E-state index in [0.717, 1.165) is 19.3 Å². The molecule has 0 amide bonds. The lowest BCUT2D eigenvalue weighted by molar-refractivity contribution is -0.147. The average Bonchev–Trinajstić information content (AvgIpc) is 2.61. The highest BCUT2D eigenvalue weighted by Crippen LogP contribution is 2.46. The molecular formula is C19H18N2O3. The summed E-state index contributed by atoms with van der Waals surface area (Å²) in [5, 5.41) is 9.58. The van der Waals surface area contributed by atoms with Crippen LogP contribution in [-0.2, 0) is 14.3 Å². The Balaban J connectivity index is 1.84. The first-order chi connectivity index (χ1) is 11.7. The summed E-state index contributed by atoms with van der Waals surface area (Å²) in [4.78, 5) is 12.7. The maximum Gasteiger partial charge on any atom is 0.338 e. The van der Waals surface area contributed by atoms with Crippen LogP contribution < -0.4 is 5.73 Å². The molecule has 2 N–H and O–H groups in total. The third kappa shape index (κ3) is 2.18. The van der Waals surface area contributed by atoms with Crippen molar-refractivity contribution in [3.63, 3.8) is 0 Å². The van der Waals surface area contributed by atoms with E-state index in [4.69, 9.17) is 15.2 Å². The van der Waals surface area contributed by atoms with Gasteiger partial charge in [-0.25, -0.2) is 4.79 Å². The van der Waals surface area contributed by atoms with Crippen LogP contribution >= 0.6 is 0 Å². The summed E-state index contributed by atoms with van der Waals surface area (Å²) in [6, 6.07) is 2.15. The molecule has 2 aliphatic carbocycles. The van der Waals surface area contributed by atoms with Crippen LogP contribution in [0.25, 0.3) is 0 Å². The zero-order chi connectivity index (χ0) is 16.7. The fourth-order valence-corrected chi connectivity index (χ4v) is 3.95. The van der Waals surface area contributed by atoms with Crippen LogP contribution in [0.15, 0.2) is 59.2 Å². The van der Waals surface area contributed by atoms with Gasteiger partial charge in [-0.3, -0.25) is 0 Å². The number of ether oxygens (including phenoxy) is 2. The van der Waals surface area contributed by atoms with Gasteiger partial charge < -0.3 is 15.2 Å². The summed E-state index contributed by atoms with van der Waals surface area (Å²) < 4.78 is 11.4. The van der Waals surface area contributed by atoms with E-state index >= 15 is 0 Å². The maximum atomic E-state index is 12.7. The molecule has 2 aliphatic heterocycles. The van der Waals surface area contributed by atoms with Crippen LogP contribution in [0, 0.1) is 29.1 Å². The molecule has 0 bridgehead atoms. The molecule has 2 heterocycles. The number of rotatable bonds is 1. The van der Waals surface area contributed by atoms with Gasteiger partial charge in [-0.05, 0) is 31.3 Å². The van der Waals surface area contributed by atoms with E-state index in [9.17, 15) is 10.1 Å². The van der Waals surface area contributed by atoms with E-state index in [0.29, 0.717) is 16.9 Å². The van der Waals surface area contributed by atoms with Crippen molar-refractivity contribution >= 4 is 5.97 Å². The van der Waals surface area contributed by atoms with Gasteiger partial charge in [0.05, 0.1) is 17.1 Å². The van der Waals surface area contributed by atoms with Gasteiger partial charge in [-0.15, -0.1) is 0 Å². The second-order valence-corrected chi connectivity index (χ2v) is 6.44. The maximum absolute atomic E-state index is 12.7. The van der Waals surface area contributed by atoms with Crippen molar-refractivity contribution < 1.29 is 14.3 Å². The van der Waals surface area contributed by atoms with Crippen LogP contribution in [0.4, 0.5) is 0 Å². The predicted molar refractivity (Wildman–Crippen MR) is 86.6 cm³/mol. The summed E-state index contributed by atoms with van der Waals surface area (Å²) in [5.74, 6) is -0.267. The molecule has 5 nitrogen and oxygen atoms in total. The first-order valence-corrected chi connectivity index (χ1v) is 8.25. The van der Waals surface area contributed by atoms with Crippen molar-refractivity contribution in [2.45, 2.75) is 25.4 Å². The van der Waals surface area contributed by atoms with Gasteiger partial charge in [0.1, 0.15) is 17.9 Å². The van der Waals surface area contributed by atoms with Crippen LogP contribution in [0.3, 0.4) is 0 Å². The molecular weight excluding hydrogens is 304 g/mol. The standard InChI is InChI=1S/C19H18N2O3/c20-10-13-15(11-6-2-1-3-7-11)16-17(24-18(13)21)12-8-4-5-9-14(12)23-19(16)22/h2,4-6,8-9,11-12,14-15H,1,3,7,21H2/t11-,12-,14+,15-/m1/s1. The SMILES string of the molecule is N#CC1=C(N)OC2=C(C(=O)O[C@H]3C=CC=C[C@@H]23)[C@@H]1[C@@H]1C=CCCC1. The van der Waals surface area contributed by atoms with Gasteiger partial charge in [-0.2, -0.15) is 5.26 Å². The second kappa shape index (κ2) is 5.72. The van der Waals surface area contributed by atoms with Crippen molar-refractivity contribution in [1.29, 1.82) is 5.26 Å². The smallest absolute Gasteiger partial charge is 0.338 e. The fraction of sp³-hybridized carbons (Fsp3) is 0.368. The normalized spacial score (nSPS) is 34.2. The Hall–Kier alpha value is -2.74.